The minimum atomic E-state index is -0.385. The molecular weight excluding hydrogens is 358 g/mol. The number of hydrogen-bond acceptors (Lipinski definition) is 5. The molecule has 2 aromatic carbocycles. The summed E-state index contributed by atoms with van der Waals surface area (Å²) in [7, 11) is 0. The van der Waals surface area contributed by atoms with Crippen LogP contribution >= 0.6 is 0 Å². The lowest BCUT2D eigenvalue weighted by Crippen LogP contribution is -2.17. The third-order valence-corrected chi connectivity index (χ3v) is 4.28. The van der Waals surface area contributed by atoms with Crippen LogP contribution in [0.4, 0.5) is 5.69 Å². The maximum Gasteiger partial charge on any atom is 0.338 e. The van der Waals surface area contributed by atoms with Crippen molar-refractivity contribution in [3.05, 3.63) is 59.7 Å². The SMILES string of the molecule is CC(C)OC(=O)c1ccc(NC(=O)c2cccc(OCC3CCCO3)c2)cc1. The van der Waals surface area contributed by atoms with Crippen LogP contribution in [0.1, 0.15) is 47.4 Å². The third kappa shape index (κ3) is 5.57. The Labute approximate surface area is 164 Å². The first kappa shape index (κ1) is 19.9. The number of ether oxygens (including phenoxy) is 3. The summed E-state index contributed by atoms with van der Waals surface area (Å²) in [5, 5.41) is 2.82. The van der Waals surface area contributed by atoms with Crippen molar-refractivity contribution in [1.29, 1.82) is 0 Å². The first-order valence-corrected chi connectivity index (χ1v) is 9.48. The number of hydrogen-bond donors (Lipinski definition) is 1. The number of carbonyl (C=O) groups is 2. The van der Waals surface area contributed by atoms with E-state index in [1.54, 1.807) is 56.3 Å². The predicted molar refractivity (Wildman–Crippen MR) is 106 cm³/mol. The van der Waals surface area contributed by atoms with Gasteiger partial charge in [0.05, 0.1) is 17.8 Å². The smallest absolute Gasteiger partial charge is 0.338 e. The largest absolute Gasteiger partial charge is 0.491 e. The molecule has 2 aromatic rings. The zero-order valence-corrected chi connectivity index (χ0v) is 16.1. The van der Waals surface area contributed by atoms with E-state index in [9.17, 15) is 9.59 Å². The Balaban J connectivity index is 1.58. The van der Waals surface area contributed by atoms with Crippen molar-refractivity contribution in [2.45, 2.75) is 38.9 Å². The highest BCUT2D eigenvalue weighted by Gasteiger charge is 2.16. The van der Waals surface area contributed by atoms with E-state index < -0.39 is 0 Å². The number of amides is 1. The van der Waals surface area contributed by atoms with Crippen molar-refractivity contribution in [3.63, 3.8) is 0 Å². The summed E-state index contributed by atoms with van der Waals surface area (Å²) < 4.78 is 16.4. The van der Waals surface area contributed by atoms with Gasteiger partial charge in [0, 0.05) is 17.9 Å². The van der Waals surface area contributed by atoms with E-state index in [2.05, 4.69) is 5.32 Å². The van der Waals surface area contributed by atoms with Gasteiger partial charge in [0.1, 0.15) is 12.4 Å². The Morgan fingerprint density at radius 2 is 1.93 bits per heavy atom. The standard InChI is InChI=1S/C22H25NO5/c1-15(2)28-22(25)16-8-10-18(11-9-16)23-21(24)17-5-3-6-19(13-17)27-14-20-7-4-12-26-20/h3,5-6,8-11,13,15,20H,4,7,12,14H2,1-2H3,(H,23,24). The number of benzene rings is 2. The second-order valence-corrected chi connectivity index (χ2v) is 6.96. The van der Waals surface area contributed by atoms with E-state index in [1.807, 2.05) is 6.07 Å². The second kappa shape index (κ2) is 9.37. The summed E-state index contributed by atoms with van der Waals surface area (Å²) >= 11 is 0. The van der Waals surface area contributed by atoms with Crippen molar-refractivity contribution < 1.29 is 23.8 Å². The molecule has 0 spiro atoms. The van der Waals surface area contributed by atoms with Crippen LogP contribution in [0.15, 0.2) is 48.5 Å². The Morgan fingerprint density at radius 3 is 2.61 bits per heavy atom. The van der Waals surface area contributed by atoms with E-state index in [0.29, 0.717) is 29.2 Å². The molecule has 1 fully saturated rings. The molecule has 1 heterocycles. The minimum absolute atomic E-state index is 0.124. The summed E-state index contributed by atoms with van der Waals surface area (Å²) in [6.07, 6.45) is 2.01. The summed E-state index contributed by atoms with van der Waals surface area (Å²) in [5.41, 5.74) is 1.53. The molecule has 0 aliphatic carbocycles. The van der Waals surface area contributed by atoms with Gasteiger partial charge in [-0.15, -0.1) is 0 Å². The van der Waals surface area contributed by atoms with Gasteiger partial charge in [-0.3, -0.25) is 4.79 Å². The van der Waals surface area contributed by atoms with Crippen LogP contribution in [-0.2, 0) is 9.47 Å². The maximum absolute atomic E-state index is 12.5. The Hall–Kier alpha value is -2.86. The van der Waals surface area contributed by atoms with Crippen LogP contribution < -0.4 is 10.1 Å². The Morgan fingerprint density at radius 1 is 1.14 bits per heavy atom. The molecule has 1 amide bonds. The summed E-state index contributed by atoms with van der Waals surface area (Å²) in [4.78, 5) is 24.4. The molecule has 1 saturated heterocycles. The van der Waals surface area contributed by atoms with Crippen LogP contribution in [0.5, 0.6) is 5.75 Å². The fraction of sp³-hybridized carbons (Fsp3) is 0.364. The average molecular weight is 383 g/mol. The van der Waals surface area contributed by atoms with Gasteiger partial charge in [0.15, 0.2) is 0 Å². The number of esters is 1. The summed E-state index contributed by atoms with van der Waals surface area (Å²) in [5.74, 6) is -0.000953. The maximum atomic E-state index is 12.5. The van der Waals surface area contributed by atoms with Crippen LogP contribution in [0.3, 0.4) is 0 Å². The number of anilines is 1. The Bertz CT molecular complexity index is 810. The molecular formula is C22H25NO5. The highest BCUT2D eigenvalue weighted by atomic mass is 16.5. The minimum Gasteiger partial charge on any atom is -0.491 e. The van der Waals surface area contributed by atoms with Gasteiger partial charge >= 0.3 is 5.97 Å². The first-order valence-electron chi connectivity index (χ1n) is 9.48. The highest BCUT2D eigenvalue weighted by molar-refractivity contribution is 6.04. The summed E-state index contributed by atoms with van der Waals surface area (Å²) in [6.45, 7) is 4.86. The van der Waals surface area contributed by atoms with Crippen molar-refractivity contribution in [2.24, 2.45) is 0 Å². The molecule has 0 bridgehead atoms. The van der Waals surface area contributed by atoms with E-state index in [1.165, 1.54) is 0 Å². The predicted octanol–water partition coefficient (Wildman–Crippen LogP) is 4.06. The van der Waals surface area contributed by atoms with Crippen LogP contribution in [0, 0.1) is 0 Å². The molecule has 1 atom stereocenters. The Kier molecular flexibility index (Phi) is 6.66. The van der Waals surface area contributed by atoms with Gasteiger partial charge in [0.25, 0.3) is 5.91 Å². The topological polar surface area (TPSA) is 73.9 Å². The van der Waals surface area contributed by atoms with Gasteiger partial charge in [-0.05, 0) is 69.2 Å². The van der Waals surface area contributed by atoms with E-state index in [4.69, 9.17) is 14.2 Å². The zero-order chi connectivity index (χ0) is 19.9. The van der Waals surface area contributed by atoms with Gasteiger partial charge in [0.2, 0.25) is 0 Å². The number of rotatable bonds is 7. The molecule has 3 rings (SSSR count). The molecule has 0 aromatic heterocycles. The first-order chi connectivity index (χ1) is 13.5. The molecule has 0 saturated carbocycles. The van der Waals surface area contributed by atoms with Gasteiger partial charge < -0.3 is 19.5 Å². The third-order valence-electron chi connectivity index (χ3n) is 4.28. The number of nitrogens with one attached hydrogen (secondary N) is 1. The van der Waals surface area contributed by atoms with Crippen molar-refractivity contribution in [2.75, 3.05) is 18.5 Å². The van der Waals surface area contributed by atoms with Crippen LogP contribution in [0.25, 0.3) is 0 Å². The van der Waals surface area contributed by atoms with E-state index in [0.717, 1.165) is 19.4 Å². The van der Waals surface area contributed by atoms with Gasteiger partial charge in [-0.2, -0.15) is 0 Å². The highest BCUT2D eigenvalue weighted by Crippen LogP contribution is 2.19. The van der Waals surface area contributed by atoms with E-state index in [-0.39, 0.29) is 24.1 Å². The number of carbonyl (C=O) groups excluding carboxylic acids is 2. The molecule has 148 valence electrons. The fourth-order valence-corrected chi connectivity index (χ4v) is 2.87. The fourth-order valence-electron chi connectivity index (χ4n) is 2.87. The van der Waals surface area contributed by atoms with Crippen LogP contribution in [-0.4, -0.2) is 37.3 Å². The normalized spacial score (nSPS) is 16.0. The molecule has 1 unspecified atom stereocenters. The van der Waals surface area contributed by atoms with Crippen molar-refractivity contribution in [1.82, 2.24) is 0 Å². The molecule has 6 heteroatoms. The van der Waals surface area contributed by atoms with Crippen LogP contribution in [0.2, 0.25) is 0 Å². The van der Waals surface area contributed by atoms with Gasteiger partial charge in [-0.1, -0.05) is 6.07 Å². The molecule has 28 heavy (non-hydrogen) atoms. The monoisotopic (exact) mass is 383 g/mol. The molecule has 0 radical (unpaired) electrons. The molecule has 1 N–H and O–H groups in total. The summed E-state index contributed by atoms with van der Waals surface area (Å²) in [6, 6.07) is 13.6. The molecule has 1 aliphatic rings. The van der Waals surface area contributed by atoms with Crippen molar-refractivity contribution in [3.8, 4) is 5.75 Å². The second-order valence-electron chi connectivity index (χ2n) is 6.96. The lowest BCUT2D eigenvalue weighted by atomic mass is 10.1. The zero-order valence-electron chi connectivity index (χ0n) is 16.1. The average Bonchev–Trinajstić information content (AvgIpc) is 3.20. The quantitative estimate of drug-likeness (QED) is 0.730. The van der Waals surface area contributed by atoms with Crippen molar-refractivity contribution >= 4 is 17.6 Å². The van der Waals surface area contributed by atoms with E-state index >= 15 is 0 Å². The lowest BCUT2D eigenvalue weighted by molar-refractivity contribution is 0.0378. The molecule has 1 aliphatic heterocycles. The molecule has 6 nitrogen and oxygen atoms in total. The van der Waals surface area contributed by atoms with Gasteiger partial charge in [-0.25, -0.2) is 4.79 Å². The lowest BCUT2D eigenvalue weighted by Gasteiger charge is -2.12.